The van der Waals surface area contributed by atoms with Gasteiger partial charge in [0.05, 0.1) is 0 Å². The summed E-state index contributed by atoms with van der Waals surface area (Å²) < 4.78 is 5.48. The molecule has 7 atom stereocenters. The van der Waals surface area contributed by atoms with Crippen molar-refractivity contribution >= 4 is 12.3 Å². The zero-order valence-electron chi connectivity index (χ0n) is 14.6. The van der Waals surface area contributed by atoms with E-state index in [-0.39, 0.29) is 11.5 Å². The SMILES string of the molecule is C[C@]12CCC3C(CC[C@H]4CC(=O)CC[C@]34C)C1CC[C@@H]2OC=O. The number of fused-ring (bicyclic) bond motifs is 5. The van der Waals surface area contributed by atoms with E-state index in [1.165, 1.54) is 32.1 Å². The van der Waals surface area contributed by atoms with Gasteiger partial charge in [0.15, 0.2) is 0 Å². The van der Waals surface area contributed by atoms with Crippen molar-refractivity contribution in [2.45, 2.75) is 77.7 Å². The van der Waals surface area contributed by atoms with Crippen LogP contribution in [0, 0.1) is 34.5 Å². The summed E-state index contributed by atoms with van der Waals surface area (Å²) >= 11 is 0. The number of ether oxygens (including phenoxy) is 1. The fraction of sp³-hybridized carbons (Fsp3) is 0.900. The third kappa shape index (κ3) is 2.14. The molecule has 3 unspecified atom stereocenters. The quantitative estimate of drug-likeness (QED) is 0.719. The molecule has 3 nitrogen and oxygen atoms in total. The summed E-state index contributed by atoms with van der Waals surface area (Å²) in [5, 5.41) is 0. The van der Waals surface area contributed by atoms with E-state index >= 15 is 0 Å². The Morgan fingerprint density at radius 2 is 1.78 bits per heavy atom. The molecule has 3 heteroatoms. The van der Waals surface area contributed by atoms with Gasteiger partial charge in [0.25, 0.3) is 6.47 Å². The monoisotopic (exact) mass is 318 g/mol. The second-order valence-corrected chi connectivity index (χ2v) is 9.24. The van der Waals surface area contributed by atoms with Crippen molar-refractivity contribution in [1.82, 2.24) is 0 Å². The molecule has 4 aliphatic rings. The molecule has 0 N–H and O–H groups in total. The molecule has 4 aliphatic carbocycles. The van der Waals surface area contributed by atoms with Crippen molar-refractivity contribution in [2.24, 2.45) is 34.5 Å². The Morgan fingerprint density at radius 1 is 1.00 bits per heavy atom. The Labute approximate surface area is 139 Å². The first-order valence-electron chi connectivity index (χ1n) is 9.60. The van der Waals surface area contributed by atoms with Gasteiger partial charge in [-0.2, -0.15) is 0 Å². The average Bonchev–Trinajstić information content (AvgIpc) is 2.85. The van der Waals surface area contributed by atoms with Gasteiger partial charge in [-0.25, -0.2) is 0 Å². The maximum Gasteiger partial charge on any atom is 0.293 e. The zero-order chi connectivity index (χ0) is 16.2. The number of Topliss-reactive ketones (excluding diaryl/α,β-unsaturated/α-hetero) is 1. The van der Waals surface area contributed by atoms with Crippen LogP contribution < -0.4 is 0 Å². The van der Waals surface area contributed by atoms with Gasteiger partial charge >= 0.3 is 0 Å². The van der Waals surface area contributed by atoms with Gasteiger partial charge < -0.3 is 4.74 Å². The van der Waals surface area contributed by atoms with E-state index in [4.69, 9.17) is 4.74 Å². The molecule has 4 saturated carbocycles. The summed E-state index contributed by atoms with van der Waals surface area (Å²) in [5.41, 5.74) is 0.567. The molecule has 0 aliphatic heterocycles. The third-order valence-corrected chi connectivity index (χ3v) is 8.61. The Balaban J connectivity index is 1.60. The van der Waals surface area contributed by atoms with Gasteiger partial charge in [-0.05, 0) is 74.0 Å². The van der Waals surface area contributed by atoms with Crippen LogP contribution in [0.1, 0.15) is 71.6 Å². The Kier molecular flexibility index (Phi) is 3.62. The van der Waals surface area contributed by atoms with Crippen LogP contribution in [0.4, 0.5) is 0 Å². The van der Waals surface area contributed by atoms with Crippen LogP contribution in [0.25, 0.3) is 0 Å². The maximum absolute atomic E-state index is 11.9. The summed E-state index contributed by atoms with van der Waals surface area (Å²) in [6.45, 7) is 5.52. The molecule has 0 amide bonds. The molecule has 0 radical (unpaired) electrons. The van der Waals surface area contributed by atoms with Crippen LogP contribution >= 0.6 is 0 Å². The molecule has 128 valence electrons. The van der Waals surface area contributed by atoms with Crippen LogP contribution in [-0.2, 0) is 14.3 Å². The molecule has 4 fully saturated rings. The molecular formula is C20H30O3. The van der Waals surface area contributed by atoms with Crippen molar-refractivity contribution < 1.29 is 14.3 Å². The molecule has 0 bridgehead atoms. The number of hydrogen-bond acceptors (Lipinski definition) is 3. The Bertz CT molecular complexity index is 515. The molecule has 0 spiro atoms. The first-order valence-corrected chi connectivity index (χ1v) is 9.60. The largest absolute Gasteiger partial charge is 0.464 e. The Hall–Kier alpha value is -0.860. The molecule has 0 aromatic heterocycles. The summed E-state index contributed by atoms with van der Waals surface area (Å²) in [6.07, 6.45) is 10.1. The lowest BCUT2D eigenvalue weighted by Gasteiger charge is -2.60. The minimum absolute atomic E-state index is 0.129. The number of rotatable bonds is 2. The fourth-order valence-corrected chi connectivity index (χ4v) is 7.29. The van der Waals surface area contributed by atoms with Crippen molar-refractivity contribution in [2.75, 3.05) is 0 Å². The number of carbonyl (C=O) groups is 2. The van der Waals surface area contributed by atoms with Crippen LogP contribution in [0.3, 0.4) is 0 Å². The van der Waals surface area contributed by atoms with Gasteiger partial charge in [-0.3, -0.25) is 9.59 Å². The van der Waals surface area contributed by atoms with E-state index < -0.39 is 0 Å². The van der Waals surface area contributed by atoms with Crippen LogP contribution in [0.15, 0.2) is 0 Å². The van der Waals surface area contributed by atoms with E-state index in [9.17, 15) is 9.59 Å². The predicted octanol–water partition coefficient (Wildman–Crippen LogP) is 4.14. The predicted molar refractivity (Wildman–Crippen MR) is 87.7 cm³/mol. The highest BCUT2D eigenvalue weighted by Crippen LogP contribution is 2.66. The van der Waals surface area contributed by atoms with Crippen molar-refractivity contribution in [3.05, 3.63) is 0 Å². The highest BCUT2D eigenvalue weighted by Gasteiger charge is 2.60. The topological polar surface area (TPSA) is 43.4 Å². The second-order valence-electron chi connectivity index (χ2n) is 9.24. The average molecular weight is 318 g/mol. The first kappa shape index (κ1) is 15.7. The highest BCUT2D eigenvalue weighted by molar-refractivity contribution is 5.79. The molecule has 0 aromatic rings. The van der Waals surface area contributed by atoms with Crippen LogP contribution in [0.5, 0.6) is 0 Å². The van der Waals surface area contributed by atoms with Crippen molar-refractivity contribution in [3.63, 3.8) is 0 Å². The minimum atomic E-state index is 0.129. The summed E-state index contributed by atoms with van der Waals surface area (Å²) in [6, 6.07) is 0. The van der Waals surface area contributed by atoms with E-state index in [2.05, 4.69) is 13.8 Å². The van der Waals surface area contributed by atoms with Crippen LogP contribution in [0.2, 0.25) is 0 Å². The molecule has 0 aromatic carbocycles. The van der Waals surface area contributed by atoms with Crippen LogP contribution in [-0.4, -0.2) is 18.4 Å². The lowest BCUT2D eigenvalue weighted by molar-refractivity contribution is -0.153. The van der Waals surface area contributed by atoms with Gasteiger partial charge in [0.1, 0.15) is 11.9 Å². The maximum atomic E-state index is 11.9. The molecule has 0 heterocycles. The van der Waals surface area contributed by atoms with E-state index in [1.54, 1.807) is 0 Å². The number of carbonyl (C=O) groups excluding carboxylic acids is 2. The molecule has 23 heavy (non-hydrogen) atoms. The molecule has 0 saturated heterocycles. The molecular weight excluding hydrogens is 288 g/mol. The normalized spacial score (nSPS) is 52.3. The second kappa shape index (κ2) is 5.32. The van der Waals surface area contributed by atoms with Crippen molar-refractivity contribution in [3.8, 4) is 0 Å². The van der Waals surface area contributed by atoms with Gasteiger partial charge in [-0.15, -0.1) is 0 Å². The third-order valence-electron chi connectivity index (χ3n) is 8.61. The molecule has 4 rings (SSSR count). The first-order chi connectivity index (χ1) is 11.0. The number of hydrogen-bond donors (Lipinski definition) is 0. The Morgan fingerprint density at radius 3 is 2.57 bits per heavy atom. The van der Waals surface area contributed by atoms with E-state index in [1.807, 2.05) is 0 Å². The van der Waals surface area contributed by atoms with E-state index in [0.29, 0.717) is 29.5 Å². The minimum Gasteiger partial charge on any atom is -0.464 e. The van der Waals surface area contributed by atoms with E-state index in [0.717, 1.165) is 37.5 Å². The smallest absolute Gasteiger partial charge is 0.293 e. The summed E-state index contributed by atoms with van der Waals surface area (Å²) in [5.74, 6) is 3.39. The zero-order valence-corrected chi connectivity index (χ0v) is 14.6. The highest BCUT2D eigenvalue weighted by atomic mass is 16.5. The number of ketones is 1. The van der Waals surface area contributed by atoms with Gasteiger partial charge in [-0.1, -0.05) is 13.8 Å². The van der Waals surface area contributed by atoms with Crippen molar-refractivity contribution in [1.29, 1.82) is 0 Å². The lowest BCUT2D eigenvalue weighted by Crippen LogP contribution is -2.54. The van der Waals surface area contributed by atoms with Gasteiger partial charge in [0, 0.05) is 18.3 Å². The lowest BCUT2D eigenvalue weighted by atomic mass is 9.45. The summed E-state index contributed by atoms with van der Waals surface area (Å²) in [4.78, 5) is 22.8. The standard InChI is InChI=1S/C20H30O3/c1-19-9-7-14(22)11-13(19)3-4-15-16-5-6-18(23-12-21)20(16,2)10-8-17(15)19/h12-13,15-18H,3-11H2,1-2H3/t13-,15?,16?,17?,18-,19-,20-/m0/s1. The summed E-state index contributed by atoms with van der Waals surface area (Å²) in [7, 11) is 0. The fourth-order valence-electron chi connectivity index (χ4n) is 7.29. The van der Waals surface area contributed by atoms with Gasteiger partial charge in [0.2, 0.25) is 0 Å².